The molecular weight excluding hydrogens is 258 g/mol. The van der Waals surface area contributed by atoms with Gasteiger partial charge in [0, 0.05) is 36.9 Å². The van der Waals surface area contributed by atoms with Gasteiger partial charge in [0.05, 0.1) is 0 Å². The summed E-state index contributed by atoms with van der Waals surface area (Å²) in [6.07, 6.45) is 3.52. The molecule has 0 spiro atoms. The van der Waals surface area contributed by atoms with Crippen LogP contribution in [-0.4, -0.2) is 42.7 Å². The number of rotatable bonds is 6. The first-order valence-corrected chi connectivity index (χ1v) is 8.43. The number of hydrogen-bond acceptors (Lipinski definition) is 3. The molecule has 0 amide bonds. The quantitative estimate of drug-likeness (QED) is 0.873. The molecule has 1 heterocycles. The Morgan fingerprint density at radius 1 is 1.19 bits per heavy atom. The Bertz CT molecular complexity index is 410. The topological polar surface area (TPSA) is 32.5 Å². The highest BCUT2D eigenvalue weighted by Crippen LogP contribution is 2.32. The van der Waals surface area contributed by atoms with Crippen LogP contribution in [0.4, 0.5) is 5.69 Å². The van der Waals surface area contributed by atoms with Crippen molar-refractivity contribution in [1.29, 1.82) is 0 Å². The predicted octanol–water partition coefficient (Wildman–Crippen LogP) is 3.10. The molecule has 1 aliphatic rings. The Morgan fingerprint density at radius 3 is 2.29 bits per heavy atom. The lowest BCUT2D eigenvalue weighted by molar-refractivity contribution is 0.0377. The number of likely N-dealkylation sites (N-methyl/N-ethyl adjacent to an activating group) is 1. The van der Waals surface area contributed by atoms with Crippen LogP contribution in [0.2, 0.25) is 0 Å². The molecular formula is C18H31N3. The van der Waals surface area contributed by atoms with Gasteiger partial charge in [-0.3, -0.25) is 4.90 Å². The van der Waals surface area contributed by atoms with Crippen LogP contribution in [0.25, 0.3) is 0 Å². The molecule has 0 saturated carbocycles. The van der Waals surface area contributed by atoms with Crippen LogP contribution in [0.1, 0.15) is 40.0 Å². The van der Waals surface area contributed by atoms with E-state index in [1.165, 1.54) is 12.1 Å². The molecule has 1 aliphatic heterocycles. The molecule has 118 valence electrons. The molecule has 21 heavy (non-hydrogen) atoms. The predicted molar refractivity (Wildman–Crippen MR) is 91.8 cm³/mol. The molecule has 1 atom stereocenters. The number of para-hydroxylation sites is 1. The lowest BCUT2D eigenvalue weighted by atomic mass is 9.84. The molecule has 0 aromatic heterocycles. The third-order valence-electron chi connectivity index (χ3n) is 5.27. The molecule has 1 aromatic carbocycles. The number of piperidine rings is 1. The molecule has 1 fully saturated rings. The largest absolute Gasteiger partial charge is 0.371 e. The number of nitrogens with zero attached hydrogens (tertiary/aromatic N) is 2. The standard InChI is InChI=1S/C18H31N3/c1-4-16(3)21(5-2)18(15-19)11-13-20(14-12-18)17-9-7-6-8-10-17/h6-10,16H,4-5,11-15,19H2,1-3H3. The van der Waals surface area contributed by atoms with Gasteiger partial charge < -0.3 is 10.6 Å². The first kappa shape index (κ1) is 16.3. The van der Waals surface area contributed by atoms with E-state index in [0.29, 0.717) is 6.04 Å². The van der Waals surface area contributed by atoms with Crippen molar-refractivity contribution in [2.24, 2.45) is 5.73 Å². The molecule has 2 N–H and O–H groups in total. The minimum Gasteiger partial charge on any atom is -0.371 e. The van der Waals surface area contributed by atoms with E-state index in [2.05, 4.69) is 60.9 Å². The second-order valence-electron chi connectivity index (χ2n) is 6.29. The number of nitrogens with two attached hydrogens (primary N) is 1. The minimum atomic E-state index is 0.190. The zero-order chi connectivity index (χ0) is 15.3. The van der Waals surface area contributed by atoms with E-state index in [9.17, 15) is 0 Å². The molecule has 1 aromatic rings. The summed E-state index contributed by atoms with van der Waals surface area (Å²) in [5.41, 5.74) is 7.76. The molecule has 0 radical (unpaired) electrons. The lowest BCUT2D eigenvalue weighted by Crippen LogP contribution is -2.61. The van der Waals surface area contributed by atoms with Gasteiger partial charge in [-0.05, 0) is 44.9 Å². The Balaban J connectivity index is 2.08. The Labute approximate surface area is 130 Å². The van der Waals surface area contributed by atoms with Crippen molar-refractivity contribution in [1.82, 2.24) is 4.90 Å². The molecule has 0 aliphatic carbocycles. The van der Waals surface area contributed by atoms with Crippen molar-refractivity contribution in [3.8, 4) is 0 Å². The van der Waals surface area contributed by atoms with Gasteiger partial charge in [0.2, 0.25) is 0 Å². The lowest BCUT2D eigenvalue weighted by Gasteiger charge is -2.51. The normalized spacial score (nSPS) is 19.8. The third kappa shape index (κ3) is 3.41. The van der Waals surface area contributed by atoms with Crippen LogP contribution in [0.3, 0.4) is 0 Å². The van der Waals surface area contributed by atoms with Gasteiger partial charge in [-0.25, -0.2) is 0 Å². The molecule has 1 unspecified atom stereocenters. The van der Waals surface area contributed by atoms with Gasteiger partial charge in [0.15, 0.2) is 0 Å². The minimum absolute atomic E-state index is 0.190. The molecule has 0 bridgehead atoms. The van der Waals surface area contributed by atoms with Crippen molar-refractivity contribution in [2.45, 2.75) is 51.6 Å². The summed E-state index contributed by atoms with van der Waals surface area (Å²) in [5.74, 6) is 0. The summed E-state index contributed by atoms with van der Waals surface area (Å²) in [7, 11) is 0. The van der Waals surface area contributed by atoms with Crippen molar-refractivity contribution in [2.75, 3.05) is 31.1 Å². The second-order valence-corrected chi connectivity index (χ2v) is 6.29. The summed E-state index contributed by atoms with van der Waals surface area (Å²) in [5, 5.41) is 0. The van der Waals surface area contributed by atoms with Gasteiger partial charge in [-0.2, -0.15) is 0 Å². The summed E-state index contributed by atoms with van der Waals surface area (Å²) >= 11 is 0. The molecule has 3 heteroatoms. The van der Waals surface area contributed by atoms with Crippen LogP contribution in [0.5, 0.6) is 0 Å². The Kier molecular flexibility index (Phi) is 5.65. The monoisotopic (exact) mass is 289 g/mol. The van der Waals surface area contributed by atoms with E-state index in [-0.39, 0.29) is 5.54 Å². The van der Waals surface area contributed by atoms with Crippen LogP contribution in [0.15, 0.2) is 30.3 Å². The van der Waals surface area contributed by atoms with Crippen LogP contribution in [0, 0.1) is 0 Å². The number of hydrogen-bond donors (Lipinski definition) is 1. The molecule has 1 saturated heterocycles. The second kappa shape index (κ2) is 7.28. The number of anilines is 1. The van der Waals surface area contributed by atoms with Gasteiger partial charge in [0.1, 0.15) is 0 Å². The Morgan fingerprint density at radius 2 is 1.81 bits per heavy atom. The smallest absolute Gasteiger partial charge is 0.0368 e. The highest BCUT2D eigenvalue weighted by Gasteiger charge is 2.39. The summed E-state index contributed by atoms with van der Waals surface area (Å²) < 4.78 is 0. The fourth-order valence-corrected chi connectivity index (χ4v) is 3.76. The van der Waals surface area contributed by atoms with Crippen molar-refractivity contribution in [3.05, 3.63) is 30.3 Å². The fourth-order valence-electron chi connectivity index (χ4n) is 3.76. The maximum atomic E-state index is 6.23. The van der Waals surface area contributed by atoms with Crippen molar-refractivity contribution < 1.29 is 0 Å². The number of benzene rings is 1. The summed E-state index contributed by atoms with van der Waals surface area (Å²) in [6.45, 7) is 11.0. The highest BCUT2D eigenvalue weighted by atomic mass is 15.3. The van der Waals surface area contributed by atoms with E-state index in [1.54, 1.807) is 0 Å². The van der Waals surface area contributed by atoms with E-state index >= 15 is 0 Å². The molecule has 3 nitrogen and oxygen atoms in total. The highest BCUT2D eigenvalue weighted by molar-refractivity contribution is 5.46. The average molecular weight is 289 g/mol. The van der Waals surface area contributed by atoms with Gasteiger partial charge in [-0.1, -0.05) is 32.0 Å². The van der Waals surface area contributed by atoms with Crippen molar-refractivity contribution in [3.63, 3.8) is 0 Å². The zero-order valence-corrected chi connectivity index (χ0v) is 13.9. The first-order valence-electron chi connectivity index (χ1n) is 8.43. The van der Waals surface area contributed by atoms with E-state index in [4.69, 9.17) is 5.73 Å². The van der Waals surface area contributed by atoms with Gasteiger partial charge >= 0.3 is 0 Å². The Hall–Kier alpha value is -1.06. The van der Waals surface area contributed by atoms with Crippen LogP contribution in [-0.2, 0) is 0 Å². The van der Waals surface area contributed by atoms with Crippen molar-refractivity contribution >= 4 is 5.69 Å². The first-order chi connectivity index (χ1) is 10.2. The average Bonchev–Trinajstić information content (AvgIpc) is 2.56. The van der Waals surface area contributed by atoms with Gasteiger partial charge in [-0.15, -0.1) is 0 Å². The van der Waals surface area contributed by atoms with Crippen LogP contribution < -0.4 is 10.6 Å². The van der Waals surface area contributed by atoms with E-state index in [0.717, 1.165) is 39.0 Å². The SMILES string of the molecule is CCC(C)N(CC)C1(CN)CCN(c2ccccc2)CC1. The summed E-state index contributed by atoms with van der Waals surface area (Å²) in [4.78, 5) is 5.15. The van der Waals surface area contributed by atoms with E-state index < -0.39 is 0 Å². The molecule has 2 rings (SSSR count). The van der Waals surface area contributed by atoms with Gasteiger partial charge in [0.25, 0.3) is 0 Å². The zero-order valence-electron chi connectivity index (χ0n) is 13.9. The van der Waals surface area contributed by atoms with E-state index in [1.807, 2.05) is 0 Å². The maximum Gasteiger partial charge on any atom is 0.0368 e. The maximum absolute atomic E-state index is 6.23. The summed E-state index contributed by atoms with van der Waals surface area (Å²) in [6, 6.07) is 11.4. The van der Waals surface area contributed by atoms with Crippen LogP contribution >= 0.6 is 0 Å². The fraction of sp³-hybridized carbons (Fsp3) is 0.667. The third-order valence-corrected chi connectivity index (χ3v) is 5.27.